The third-order valence-electron chi connectivity index (χ3n) is 10.5. The minimum absolute atomic E-state index is 0.388. The number of hydrogen-bond donors (Lipinski definition) is 1. The van der Waals surface area contributed by atoms with Crippen LogP contribution < -0.4 is 5.32 Å². The van der Waals surface area contributed by atoms with Crippen LogP contribution in [-0.4, -0.2) is 18.1 Å². The SMILES string of the molecule is C[C@]12CC=C3C=C4CCNCC[C@]45CC[C@]3(C5)[C@@H]1CC[C@@H]2c1ccc2ccncc2c1. The second-order valence-electron chi connectivity index (χ2n) is 11.6. The van der Waals surface area contributed by atoms with Gasteiger partial charge in [-0.1, -0.05) is 36.8 Å². The fourth-order valence-electron chi connectivity index (χ4n) is 9.02. The highest BCUT2D eigenvalue weighted by molar-refractivity contribution is 5.82. The zero-order valence-electron chi connectivity index (χ0n) is 18.8. The van der Waals surface area contributed by atoms with Gasteiger partial charge in [0.25, 0.3) is 0 Å². The van der Waals surface area contributed by atoms with Crippen molar-refractivity contribution in [3.63, 3.8) is 0 Å². The van der Waals surface area contributed by atoms with E-state index in [1.165, 1.54) is 75.2 Å². The minimum Gasteiger partial charge on any atom is -0.316 e. The Balaban J connectivity index is 1.31. The molecular weight excluding hydrogens is 376 g/mol. The summed E-state index contributed by atoms with van der Waals surface area (Å²) >= 11 is 0. The quantitative estimate of drug-likeness (QED) is 0.577. The first-order chi connectivity index (χ1) is 15.1. The Morgan fingerprint density at radius 2 is 2.00 bits per heavy atom. The monoisotopic (exact) mass is 410 g/mol. The van der Waals surface area contributed by atoms with Crippen LogP contribution >= 0.6 is 0 Å². The third-order valence-corrected chi connectivity index (χ3v) is 10.5. The van der Waals surface area contributed by atoms with Gasteiger partial charge in [-0.15, -0.1) is 0 Å². The van der Waals surface area contributed by atoms with E-state index in [4.69, 9.17) is 0 Å². The van der Waals surface area contributed by atoms with Gasteiger partial charge in [-0.05, 0) is 121 Å². The molecule has 2 saturated carbocycles. The fraction of sp³-hybridized carbons (Fsp3) is 0.552. The van der Waals surface area contributed by atoms with Crippen molar-refractivity contribution in [3.05, 3.63) is 65.5 Å². The molecule has 2 aromatic rings. The van der Waals surface area contributed by atoms with Gasteiger partial charge in [-0.2, -0.15) is 0 Å². The molecule has 5 atom stereocenters. The number of benzene rings is 1. The van der Waals surface area contributed by atoms with Crippen molar-refractivity contribution in [3.8, 4) is 0 Å². The van der Waals surface area contributed by atoms with Gasteiger partial charge >= 0.3 is 0 Å². The van der Waals surface area contributed by atoms with Crippen LogP contribution in [0.1, 0.15) is 69.8 Å². The van der Waals surface area contributed by atoms with E-state index in [-0.39, 0.29) is 0 Å². The highest BCUT2D eigenvalue weighted by atomic mass is 14.9. The molecule has 1 aromatic carbocycles. The first-order valence-electron chi connectivity index (χ1n) is 12.6. The second-order valence-corrected chi connectivity index (χ2v) is 11.6. The van der Waals surface area contributed by atoms with Crippen molar-refractivity contribution in [1.29, 1.82) is 0 Å². The van der Waals surface area contributed by atoms with Crippen molar-refractivity contribution in [2.45, 2.75) is 64.2 Å². The Bertz CT molecular complexity index is 1130. The predicted molar refractivity (Wildman–Crippen MR) is 127 cm³/mol. The predicted octanol–water partition coefficient (Wildman–Crippen LogP) is 6.54. The molecular formula is C29H34N2. The average molecular weight is 411 g/mol. The molecule has 3 fully saturated rings. The van der Waals surface area contributed by atoms with Crippen LogP contribution in [0, 0.1) is 22.2 Å². The summed E-state index contributed by atoms with van der Waals surface area (Å²) < 4.78 is 0. The smallest absolute Gasteiger partial charge is 0.0346 e. The molecule has 2 heteroatoms. The number of nitrogens with one attached hydrogen (secondary N) is 1. The Kier molecular flexibility index (Phi) is 3.79. The van der Waals surface area contributed by atoms with Crippen LogP contribution in [-0.2, 0) is 0 Å². The van der Waals surface area contributed by atoms with Crippen LogP contribution in [0.4, 0.5) is 0 Å². The Hall–Kier alpha value is -1.93. The summed E-state index contributed by atoms with van der Waals surface area (Å²) in [5, 5.41) is 6.30. The van der Waals surface area contributed by atoms with Gasteiger partial charge < -0.3 is 5.32 Å². The molecule has 0 amide bonds. The maximum Gasteiger partial charge on any atom is 0.0346 e. The number of rotatable bonds is 1. The molecule has 4 aliphatic carbocycles. The molecule has 1 aromatic heterocycles. The number of hydrogen-bond acceptors (Lipinski definition) is 2. The number of aromatic nitrogens is 1. The molecule has 0 unspecified atom stereocenters. The van der Waals surface area contributed by atoms with E-state index in [0.29, 0.717) is 22.2 Å². The summed E-state index contributed by atoms with van der Waals surface area (Å²) in [6.07, 6.45) is 20.3. The highest BCUT2D eigenvalue weighted by Crippen LogP contribution is 2.74. The standard InChI is InChI=1S/C29H34N2/c1-27-9-6-24-17-23-8-14-30-15-12-28(23)10-11-29(24,19-28)26(27)5-4-25(27)21-3-2-20-7-13-31-18-22(20)16-21/h2-3,6-7,13,16-18,25-26,30H,4-5,8-12,14-15,19H2,1H3/t25-,26-,27-,28+,29-/m1/s1. The summed E-state index contributed by atoms with van der Waals surface area (Å²) in [6.45, 7) is 5.03. The molecule has 2 spiro atoms. The Labute approximate surface area is 186 Å². The lowest BCUT2D eigenvalue weighted by molar-refractivity contribution is 0.0587. The molecule has 2 nitrogen and oxygen atoms in total. The molecule has 1 aliphatic heterocycles. The van der Waals surface area contributed by atoms with Crippen LogP contribution in [0.3, 0.4) is 0 Å². The summed E-state index contributed by atoms with van der Waals surface area (Å²) in [5.41, 5.74) is 6.43. The number of allylic oxidation sites excluding steroid dienone is 3. The fourth-order valence-corrected chi connectivity index (χ4v) is 9.02. The van der Waals surface area contributed by atoms with Gasteiger partial charge in [0.1, 0.15) is 0 Å². The van der Waals surface area contributed by atoms with Crippen molar-refractivity contribution in [2.75, 3.05) is 13.1 Å². The van der Waals surface area contributed by atoms with Gasteiger partial charge in [0.2, 0.25) is 0 Å². The van der Waals surface area contributed by atoms with Crippen LogP contribution in [0.5, 0.6) is 0 Å². The van der Waals surface area contributed by atoms with Crippen molar-refractivity contribution in [1.82, 2.24) is 10.3 Å². The Morgan fingerprint density at radius 3 is 2.97 bits per heavy atom. The van der Waals surface area contributed by atoms with Crippen molar-refractivity contribution >= 4 is 10.8 Å². The van der Waals surface area contributed by atoms with E-state index in [0.717, 1.165) is 5.92 Å². The van der Waals surface area contributed by atoms with E-state index in [9.17, 15) is 0 Å². The average Bonchev–Trinajstić information content (AvgIpc) is 3.23. The minimum atomic E-state index is 0.388. The molecule has 2 bridgehead atoms. The molecule has 1 N–H and O–H groups in total. The third kappa shape index (κ3) is 2.40. The molecule has 5 aliphatic rings. The largest absolute Gasteiger partial charge is 0.316 e. The van der Waals surface area contributed by atoms with Crippen LogP contribution in [0.25, 0.3) is 10.8 Å². The van der Waals surface area contributed by atoms with E-state index in [1.54, 1.807) is 16.7 Å². The van der Waals surface area contributed by atoms with Gasteiger partial charge in [0.15, 0.2) is 0 Å². The first kappa shape index (κ1) is 18.6. The zero-order chi connectivity index (χ0) is 20.7. The summed E-state index contributed by atoms with van der Waals surface area (Å²) in [4.78, 5) is 4.39. The van der Waals surface area contributed by atoms with E-state index in [2.05, 4.69) is 53.6 Å². The van der Waals surface area contributed by atoms with Gasteiger partial charge in [0, 0.05) is 17.8 Å². The number of nitrogens with zero attached hydrogens (tertiary/aromatic N) is 1. The van der Waals surface area contributed by atoms with Crippen molar-refractivity contribution < 1.29 is 0 Å². The highest BCUT2D eigenvalue weighted by Gasteiger charge is 2.64. The molecule has 1 saturated heterocycles. The second kappa shape index (κ2) is 6.32. The molecule has 0 radical (unpaired) electrons. The maximum atomic E-state index is 4.39. The maximum absolute atomic E-state index is 4.39. The summed E-state index contributed by atoms with van der Waals surface area (Å²) in [6, 6.07) is 9.33. The van der Waals surface area contributed by atoms with Crippen molar-refractivity contribution in [2.24, 2.45) is 22.2 Å². The number of fused-ring (bicyclic) bond motifs is 2. The van der Waals surface area contributed by atoms with Gasteiger partial charge in [0.05, 0.1) is 0 Å². The lowest BCUT2D eigenvalue weighted by Crippen LogP contribution is -2.45. The molecule has 2 heterocycles. The van der Waals surface area contributed by atoms with E-state index in [1.807, 2.05) is 12.4 Å². The van der Waals surface area contributed by atoms with Crippen LogP contribution in [0.2, 0.25) is 0 Å². The van der Waals surface area contributed by atoms with E-state index < -0.39 is 0 Å². The first-order valence-corrected chi connectivity index (χ1v) is 12.6. The Morgan fingerprint density at radius 1 is 1.03 bits per heavy atom. The lowest BCUT2D eigenvalue weighted by atomic mass is 9.50. The lowest BCUT2D eigenvalue weighted by Gasteiger charge is -2.53. The zero-order valence-corrected chi connectivity index (χ0v) is 18.8. The normalized spacial score (nSPS) is 41.1. The topological polar surface area (TPSA) is 24.9 Å². The van der Waals surface area contributed by atoms with Crippen LogP contribution in [0.15, 0.2) is 60.0 Å². The molecule has 31 heavy (non-hydrogen) atoms. The van der Waals surface area contributed by atoms with E-state index >= 15 is 0 Å². The summed E-state index contributed by atoms with van der Waals surface area (Å²) in [7, 11) is 0. The van der Waals surface area contributed by atoms with Gasteiger partial charge in [-0.25, -0.2) is 0 Å². The molecule has 160 valence electrons. The number of pyridine rings is 1. The van der Waals surface area contributed by atoms with Gasteiger partial charge in [-0.3, -0.25) is 4.98 Å². The molecule has 7 rings (SSSR count). The summed E-state index contributed by atoms with van der Waals surface area (Å²) in [5.74, 6) is 1.51.